The van der Waals surface area contributed by atoms with E-state index >= 15 is 0 Å². The summed E-state index contributed by atoms with van der Waals surface area (Å²) in [5.41, 5.74) is 8.45. The van der Waals surface area contributed by atoms with E-state index in [9.17, 15) is 4.79 Å². The molecule has 0 atom stereocenters. The molecule has 1 aliphatic rings. The summed E-state index contributed by atoms with van der Waals surface area (Å²) >= 11 is 0. The van der Waals surface area contributed by atoms with Crippen molar-refractivity contribution < 1.29 is 4.79 Å². The van der Waals surface area contributed by atoms with Crippen molar-refractivity contribution in [3.63, 3.8) is 0 Å². The summed E-state index contributed by atoms with van der Waals surface area (Å²) in [6.07, 6.45) is 4.47. The number of aryl methyl sites for hydroxylation is 2. The summed E-state index contributed by atoms with van der Waals surface area (Å²) in [5.74, 6) is 0.291. The van der Waals surface area contributed by atoms with Crippen LogP contribution in [0.5, 0.6) is 0 Å². The fraction of sp³-hybridized carbons (Fsp3) is 0.562. The first-order valence-corrected chi connectivity index (χ1v) is 7.24. The maximum Gasteiger partial charge on any atom is 0.222 e. The molecule has 1 saturated heterocycles. The Morgan fingerprint density at radius 1 is 1.25 bits per heavy atom. The van der Waals surface area contributed by atoms with E-state index in [4.69, 9.17) is 5.73 Å². The van der Waals surface area contributed by atoms with Crippen LogP contribution in [0.2, 0.25) is 0 Å². The second-order valence-electron chi connectivity index (χ2n) is 5.56. The summed E-state index contributed by atoms with van der Waals surface area (Å²) in [5, 5.41) is 0. The van der Waals surface area contributed by atoms with Crippen molar-refractivity contribution in [3.05, 3.63) is 35.4 Å². The van der Waals surface area contributed by atoms with E-state index in [-0.39, 0.29) is 18.4 Å². The van der Waals surface area contributed by atoms with Gasteiger partial charge in [0.2, 0.25) is 5.91 Å². The van der Waals surface area contributed by atoms with E-state index in [2.05, 4.69) is 31.2 Å². The number of carbonyl (C=O) groups excluding carboxylic acids is 1. The van der Waals surface area contributed by atoms with E-state index in [1.54, 1.807) is 0 Å². The smallest absolute Gasteiger partial charge is 0.222 e. The largest absolute Gasteiger partial charge is 0.343 e. The first-order chi connectivity index (χ1) is 9.15. The molecule has 0 unspecified atom stereocenters. The number of hydrogen-bond acceptors (Lipinski definition) is 2. The van der Waals surface area contributed by atoms with Gasteiger partial charge < -0.3 is 10.6 Å². The van der Waals surface area contributed by atoms with Gasteiger partial charge in [0, 0.05) is 25.6 Å². The van der Waals surface area contributed by atoms with Gasteiger partial charge in [0.1, 0.15) is 0 Å². The van der Waals surface area contributed by atoms with Crippen LogP contribution in [0.4, 0.5) is 0 Å². The normalized spacial score (nSPS) is 15.8. The molecule has 1 aromatic carbocycles. The highest BCUT2D eigenvalue weighted by Gasteiger charge is 2.19. The topological polar surface area (TPSA) is 46.3 Å². The third kappa shape index (κ3) is 5.14. The van der Waals surface area contributed by atoms with Gasteiger partial charge in [-0.25, -0.2) is 0 Å². The summed E-state index contributed by atoms with van der Waals surface area (Å²) in [6.45, 7) is 3.77. The second-order valence-corrected chi connectivity index (χ2v) is 5.56. The SMILES string of the molecule is Cc1ccc(CCCC(=O)N2CCC(N)CC2)cc1.Cl. The predicted molar refractivity (Wildman–Crippen MR) is 85.2 cm³/mol. The van der Waals surface area contributed by atoms with Crippen LogP contribution in [0.3, 0.4) is 0 Å². The molecule has 0 radical (unpaired) electrons. The van der Waals surface area contributed by atoms with Crippen molar-refractivity contribution in [3.8, 4) is 0 Å². The molecule has 1 heterocycles. The van der Waals surface area contributed by atoms with Gasteiger partial charge in [-0.15, -0.1) is 12.4 Å². The number of nitrogens with zero attached hydrogens (tertiary/aromatic N) is 1. The molecule has 1 aromatic rings. The molecular formula is C16H25ClN2O. The second kappa shape index (κ2) is 8.28. The molecule has 4 heteroatoms. The van der Waals surface area contributed by atoms with E-state index < -0.39 is 0 Å². The number of nitrogens with two attached hydrogens (primary N) is 1. The van der Waals surface area contributed by atoms with Crippen molar-refractivity contribution in [1.82, 2.24) is 4.90 Å². The summed E-state index contributed by atoms with van der Waals surface area (Å²) < 4.78 is 0. The Morgan fingerprint density at radius 2 is 1.85 bits per heavy atom. The molecule has 2 rings (SSSR count). The standard InChI is InChI=1S/C16H24N2O.ClH/c1-13-5-7-14(8-6-13)3-2-4-16(19)18-11-9-15(17)10-12-18;/h5-8,15H,2-4,9-12,17H2,1H3;1H. The van der Waals surface area contributed by atoms with Gasteiger partial charge in [0.05, 0.1) is 0 Å². The van der Waals surface area contributed by atoms with Gasteiger partial charge in [0.15, 0.2) is 0 Å². The molecule has 1 amide bonds. The van der Waals surface area contributed by atoms with Crippen LogP contribution in [0.25, 0.3) is 0 Å². The van der Waals surface area contributed by atoms with Crippen molar-refractivity contribution in [2.24, 2.45) is 5.73 Å². The fourth-order valence-electron chi connectivity index (χ4n) is 2.51. The highest BCUT2D eigenvalue weighted by molar-refractivity contribution is 5.85. The van der Waals surface area contributed by atoms with Crippen LogP contribution < -0.4 is 5.73 Å². The third-order valence-electron chi connectivity index (χ3n) is 3.87. The van der Waals surface area contributed by atoms with Crippen molar-refractivity contribution in [2.45, 2.75) is 45.1 Å². The molecule has 0 bridgehead atoms. The number of halogens is 1. The summed E-state index contributed by atoms with van der Waals surface area (Å²) in [4.78, 5) is 14.0. The molecule has 3 nitrogen and oxygen atoms in total. The van der Waals surface area contributed by atoms with Gasteiger partial charge >= 0.3 is 0 Å². The maximum atomic E-state index is 12.0. The lowest BCUT2D eigenvalue weighted by Crippen LogP contribution is -2.42. The van der Waals surface area contributed by atoms with E-state index in [0.717, 1.165) is 38.8 Å². The monoisotopic (exact) mass is 296 g/mol. The number of piperidine rings is 1. The van der Waals surface area contributed by atoms with Gasteiger partial charge in [0.25, 0.3) is 0 Å². The van der Waals surface area contributed by atoms with Gasteiger partial charge in [-0.2, -0.15) is 0 Å². The molecular weight excluding hydrogens is 272 g/mol. The zero-order valence-electron chi connectivity index (χ0n) is 12.2. The van der Waals surface area contributed by atoms with E-state index in [1.165, 1.54) is 11.1 Å². The zero-order valence-corrected chi connectivity index (χ0v) is 13.0. The van der Waals surface area contributed by atoms with E-state index in [0.29, 0.717) is 12.3 Å². The minimum absolute atomic E-state index is 0. The van der Waals surface area contributed by atoms with Crippen LogP contribution in [-0.4, -0.2) is 29.9 Å². The number of benzene rings is 1. The first kappa shape index (κ1) is 17.0. The van der Waals surface area contributed by atoms with Crippen LogP contribution in [0, 0.1) is 6.92 Å². The minimum atomic E-state index is 0. The molecule has 112 valence electrons. The lowest BCUT2D eigenvalue weighted by atomic mass is 10.0. The molecule has 0 aliphatic carbocycles. The third-order valence-corrected chi connectivity index (χ3v) is 3.87. The van der Waals surface area contributed by atoms with Gasteiger partial charge in [-0.05, 0) is 38.2 Å². The highest BCUT2D eigenvalue weighted by atomic mass is 35.5. The summed E-state index contributed by atoms with van der Waals surface area (Å²) in [7, 11) is 0. The number of rotatable bonds is 4. The van der Waals surface area contributed by atoms with Crippen LogP contribution in [0.1, 0.15) is 36.8 Å². The Balaban J connectivity index is 0.00000200. The molecule has 20 heavy (non-hydrogen) atoms. The van der Waals surface area contributed by atoms with Crippen molar-refractivity contribution in [2.75, 3.05) is 13.1 Å². The van der Waals surface area contributed by atoms with Crippen molar-refractivity contribution in [1.29, 1.82) is 0 Å². The van der Waals surface area contributed by atoms with Gasteiger partial charge in [-0.1, -0.05) is 29.8 Å². The fourth-order valence-corrected chi connectivity index (χ4v) is 2.51. The van der Waals surface area contributed by atoms with Crippen LogP contribution in [0.15, 0.2) is 24.3 Å². The number of hydrogen-bond donors (Lipinski definition) is 1. The highest BCUT2D eigenvalue weighted by Crippen LogP contribution is 2.12. The first-order valence-electron chi connectivity index (χ1n) is 7.24. The molecule has 2 N–H and O–H groups in total. The lowest BCUT2D eigenvalue weighted by Gasteiger charge is -2.30. The van der Waals surface area contributed by atoms with Gasteiger partial charge in [-0.3, -0.25) is 4.79 Å². The average molecular weight is 297 g/mol. The zero-order chi connectivity index (χ0) is 13.7. The van der Waals surface area contributed by atoms with E-state index in [1.807, 2.05) is 4.90 Å². The average Bonchev–Trinajstić information content (AvgIpc) is 2.41. The lowest BCUT2D eigenvalue weighted by molar-refractivity contribution is -0.132. The molecule has 1 aliphatic heterocycles. The summed E-state index contributed by atoms with van der Waals surface area (Å²) in [6, 6.07) is 8.85. The van der Waals surface area contributed by atoms with Crippen LogP contribution >= 0.6 is 12.4 Å². The minimum Gasteiger partial charge on any atom is -0.343 e. The van der Waals surface area contributed by atoms with Crippen LogP contribution in [-0.2, 0) is 11.2 Å². The quantitative estimate of drug-likeness (QED) is 0.928. The Morgan fingerprint density at radius 3 is 2.45 bits per heavy atom. The Kier molecular flexibility index (Phi) is 7.03. The molecule has 0 spiro atoms. The Labute approximate surface area is 127 Å². The maximum absolute atomic E-state index is 12.0. The Bertz CT molecular complexity index is 411. The predicted octanol–water partition coefficient (Wildman–Crippen LogP) is 2.69. The number of likely N-dealkylation sites (tertiary alicyclic amines) is 1. The molecule has 1 fully saturated rings. The molecule has 0 aromatic heterocycles. The number of amides is 1. The Hall–Kier alpha value is -1.06. The molecule has 0 saturated carbocycles. The van der Waals surface area contributed by atoms with Crippen molar-refractivity contribution >= 4 is 18.3 Å². The number of carbonyl (C=O) groups is 1.